The first-order valence-corrected chi connectivity index (χ1v) is 19.6. The Kier molecular flexibility index (Phi) is 37.9. The summed E-state index contributed by atoms with van der Waals surface area (Å²) in [5.41, 5.74) is 36.4. The Hall–Kier alpha value is -5.92. The molecule has 3 heterocycles. The standard InChI is InChI=1S/C10H19N3O6.C6H9N3O2.2C5H9NO2.C5H11NO2.C3H7NO2.C2H5NO2/c1-4(11)9(16)19-5(2)7(13)10(17)18-3-6(12)8(14)15;7-5(6(10)11)1-4-2-8-3-9-4;2*7-5(8)4-2-1-3-6-4;1-3(2)4(6)5(7)8;1-2(4)3(5)6;3-1-2(4)5/h4-7H,3,11-13H2,1-2H3,(H,14,15);2-3,5H,1,7H2,(H,8,9)(H,10,11);2*4,6H,1-3H2,(H,7,8);3-4H,6H2,1-2H3,(H,7,8);2H,4H2,1H3,(H,5,6);1,3H2,(H,4,5)/t4-,5+,6-,7-;5-;3*4-;2-;/m000000./s1. The van der Waals surface area contributed by atoms with Crippen LogP contribution in [0.15, 0.2) is 12.5 Å². The number of aromatic amines is 1. The maximum Gasteiger partial charge on any atom is 0.326 e. The molecule has 24 N–H and O–H groups in total. The van der Waals surface area contributed by atoms with Crippen molar-refractivity contribution in [3.8, 4) is 0 Å². The van der Waals surface area contributed by atoms with Gasteiger partial charge in [0.25, 0.3) is 0 Å². The Balaban J connectivity index is -0.000000351. The molecule has 0 bridgehead atoms. The van der Waals surface area contributed by atoms with E-state index in [1.165, 1.54) is 27.1 Å². The maximum absolute atomic E-state index is 11.4. The second-order valence-electron chi connectivity index (χ2n) is 14.0. The number of aliphatic carboxylic acids is 7. The molecule has 29 heteroatoms. The highest BCUT2D eigenvalue weighted by molar-refractivity contribution is 5.80. The largest absolute Gasteiger partial charge is 0.480 e. The molecule has 0 spiro atoms. The van der Waals surface area contributed by atoms with E-state index in [2.05, 4.69) is 31.1 Å². The van der Waals surface area contributed by atoms with Crippen molar-refractivity contribution in [3.05, 3.63) is 18.2 Å². The predicted octanol–water partition coefficient (Wildman–Crippen LogP) is -4.94. The molecular weight excluding hydrogens is 874 g/mol. The Morgan fingerprint density at radius 2 is 1.09 bits per heavy atom. The summed E-state index contributed by atoms with van der Waals surface area (Å²) in [6.45, 7) is 8.71. The third-order valence-electron chi connectivity index (χ3n) is 7.76. The Morgan fingerprint density at radius 3 is 1.32 bits per heavy atom. The summed E-state index contributed by atoms with van der Waals surface area (Å²) in [7, 11) is 0. The summed E-state index contributed by atoms with van der Waals surface area (Å²) < 4.78 is 9.41. The lowest BCUT2D eigenvalue weighted by atomic mass is 10.1. The van der Waals surface area contributed by atoms with Gasteiger partial charge in [-0.25, -0.2) is 4.98 Å². The van der Waals surface area contributed by atoms with Crippen LogP contribution in [-0.2, 0) is 59.0 Å². The van der Waals surface area contributed by atoms with Gasteiger partial charge in [-0.15, -0.1) is 0 Å². The number of ether oxygens (including phenoxy) is 2. The normalized spacial score (nSPS) is 17.6. The van der Waals surface area contributed by atoms with Crippen LogP contribution in [-0.4, -0.2) is 180 Å². The van der Waals surface area contributed by atoms with E-state index in [1.807, 2.05) is 0 Å². The number of carboxylic acid groups (broad SMARTS) is 7. The lowest BCUT2D eigenvalue weighted by Crippen LogP contribution is -2.47. The molecule has 1 aromatic rings. The van der Waals surface area contributed by atoms with Gasteiger partial charge < -0.3 is 101 Å². The van der Waals surface area contributed by atoms with Gasteiger partial charge in [0.1, 0.15) is 61.0 Å². The highest BCUT2D eigenvalue weighted by Gasteiger charge is 2.28. The summed E-state index contributed by atoms with van der Waals surface area (Å²) in [4.78, 5) is 99.0. The van der Waals surface area contributed by atoms with E-state index >= 15 is 0 Å². The van der Waals surface area contributed by atoms with E-state index in [0.717, 1.165) is 38.8 Å². The molecule has 3 rings (SSSR count). The molecule has 0 radical (unpaired) electrons. The number of nitrogens with zero attached hydrogens (tertiary/aromatic N) is 1. The maximum atomic E-state index is 11.4. The number of carbonyl (C=O) groups is 9. The number of H-pyrrole nitrogens is 1. The highest BCUT2D eigenvalue weighted by atomic mass is 16.6. The van der Waals surface area contributed by atoms with Crippen LogP contribution in [0, 0.1) is 5.92 Å². The summed E-state index contributed by atoms with van der Waals surface area (Å²) in [6, 6.07) is -6.27. The molecule has 0 amide bonds. The number of hydrogen-bond donors (Lipinski definition) is 17. The van der Waals surface area contributed by atoms with E-state index in [-0.39, 0.29) is 31.0 Å². The van der Waals surface area contributed by atoms with Gasteiger partial charge in [-0.2, -0.15) is 0 Å². The van der Waals surface area contributed by atoms with E-state index in [4.69, 9.17) is 74.9 Å². The minimum absolute atomic E-state index is 0.0208. The number of esters is 2. The highest BCUT2D eigenvalue weighted by Crippen LogP contribution is 2.05. The van der Waals surface area contributed by atoms with Crippen molar-refractivity contribution in [1.29, 1.82) is 0 Å². The molecule has 2 fully saturated rings. The fourth-order valence-corrected chi connectivity index (χ4v) is 3.69. The van der Waals surface area contributed by atoms with Crippen LogP contribution in [0.5, 0.6) is 0 Å². The van der Waals surface area contributed by atoms with E-state index < -0.39 is 103 Å². The zero-order valence-corrected chi connectivity index (χ0v) is 36.9. The quantitative estimate of drug-likeness (QED) is 0.0690. The average Bonchev–Trinajstić information content (AvgIpc) is 4.06. The van der Waals surface area contributed by atoms with Gasteiger partial charge in [-0.1, -0.05) is 13.8 Å². The fraction of sp³-hybridized carbons (Fsp3) is 0.667. The van der Waals surface area contributed by atoms with Crippen LogP contribution in [0.25, 0.3) is 0 Å². The molecule has 0 aliphatic carbocycles. The summed E-state index contributed by atoms with van der Waals surface area (Å²) in [5.74, 6) is -8.22. The number of rotatable bonds is 16. The fourth-order valence-electron chi connectivity index (χ4n) is 3.69. The van der Waals surface area contributed by atoms with E-state index in [1.54, 1.807) is 20.0 Å². The smallest absolute Gasteiger partial charge is 0.326 e. The van der Waals surface area contributed by atoms with Crippen molar-refractivity contribution in [1.82, 2.24) is 20.6 Å². The van der Waals surface area contributed by atoms with Gasteiger partial charge >= 0.3 is 53.7 Å². The van der Waals surface area contributed by atoms with Gasteiger partial charge in [-0.05, 0) is 65.5 Å². The molecule has 1 aromatic heterocycles. The van der Waals surface area contributed by atoms with Gasteiger partial charge in [0.2, 0.25) is 0 Å². The van der Waals surface area contributed by atoms with Gasteiger partial charge in [0.05, 0.1) is 18.6 Å². The second kappa shape index (κ2) is 37.5. The van der Waals surface area contributed by atoms with Crippen molar-refractivity contribution in [2.24, 2.45) is 46.1 Å². The van der Waals surface area contributed by atoms with Gasteiger partial charge in [-0.3, -0.25) is 43.2 Å². The van der Waals surface area contributed by atoms with Crippen molar-refractivity contribution in [3.63, 3.8) is 0 Å². The topological polar surface area (TPSA) is 549 Å². The molecule has 0 aromatic carbocycles. The van der Waals surface area contributed by atoms with Crippen LogP contribution in [0.3, 0.4) is 0 Å². The minimum atomic E-state index is -1.34. The first-order chi connectivity index (χ1) is 29.9. The SMILES string of the molecule is CC(C)[C@H](N)C(=O)O.C[C@H](N)C(=O)O.C[C@H](N)C(=O)O[C@H](C)[C@H](N)C(=O)OC[C@H](N)C(=O)O.NCC(=O)O.N[C@@H](Cc1c[nH]cn1)C(=O)O.O=C(O)[C@@H]1CCCN1.O=C(O)[C@@H]1CCCN1. The van der Waals surface area contributed by atoms with Gasteiger partial charge in [0, 0.05) is 12.6 Å². The zero-order valence-electron chi connectivity index (χ0n) is 36.9. The Morgan fingerprint density at radius 1 is 0.662 bits per heavy atom. The van der Waals surface area contributed by atoms with Crippen LogP contribution in [0.2, 0.25) is 0 Å². The van der Waals surface area contributed by atoms with Crippen LogP contribution in [0.4, 0.5) is 0 Å². The number of nitrogens with one attached hydrogen (secondary N) is 3. The van der Waals surface area contributed by atoms with Crippen LogP contribution < -0.4 is 50.8 Å². The molecule has 2 aliphatic heterocycles. The number of imidazole rings is 1. The van der Waals surface area contributed by atoms with E-state index in [0.29, 0.717) is 5.69 Å². The Labute approximate surface area is 374 Å². The van der Waals surface area contributed by atoms with Crippen molar-refractivity contribution in [2.45, 2.75) is 121 Å². The molecule has 0 saturated carbocycles. The zero-order chi connectivity index (χ0) is 51.6. The number of carboxylic acids is 7. The first kappa shape index (κ1) is 65.7. The monoisotopic (exact) mass is 943 g/mol. The molecule has 9 atom stereocenters. The molecule has 2 saturated heterocycles. The molecule has 0 unspecified atom stereocenters. The molecule has 29 nitrogen and oxygen atoms in total. The van der Waals surface area contributed by atoms with Gasteiger partial charge in [0.15, 0.2) is 0 Å². The molecular formula is C36H69N11O18. The third kappa shape index (κ3) is 37.2. The molecule has 2 aliphatic rings. The predicted molar refractivity (Wildman–Crippen MR) is 227 cm³/mol. The van der Waals surface area contributed by atoms with E-state index in [9.17, 15) is 43.2 Å². The van der Waals surface area contributed by atoms with Crippen molar-refractivity contribution in [2.75, 3.05) is 26.2 Å². The minimum Gasteiger partial charge on any atom is -0.480 e. The lowest BCUT2D eigenvalue weighted by molar-refractivity contribution is -0.158. The summed E-state index contributed by atoms with van der Waals surface area (Å²) in [6.07, 6.45) is 6.00. The molecule has 376 valence electrons. The van der Waals surface area contributed by atoms with Crippen molar-refractivity contribution >= 4 is 53.7 Å². The summed E-state index contributed by atoms with van der Waals surface area (Å²) in [5, 5.41) is 63.0. The molecule has 65 heavy (non-hydrogen) atoms. The van der Waals surface area contributed by atoms with Crippen molar-refractivity contribution < 1.29 is 88.4 Å². The third-order valence-corrected chi connectivity index (χ3v) is 7.76. The number of hydrogen-bond acceptors (Lipinski definition) is 21. The number of nitrogens with two attached hydrogens (primary N) is 7. The average molecular weight is 944 g/mol. The lowest BCUT2D eigenvalue weighted by Gasteiger charge is -2.20. The number of aromatic nitrogens is 2. The van der Waals surface area contributed by atoms with Crippen LogP contribution >= 0.6 is 0 Å². The first-order valence-electron chi connectivity index (χ1n) is 19.6. The Bertz CT molecular complexity index is 1510. The van der Waals surface area contributed by atoms with Crippen LogP contribution in [0.1, 0.15) is 66.0 Å². The second-order valence-corrected chi connectivity index (χ2v) is 14.0. The summed E-state index contributed by atoms with van der Waals surface area (Å²) >= 11 is 0. The number of carbonyl (C=O) groups excluding carboxylic acids is 2.